The van der Waals surface area contributed by atoms with Crippen LogP contribution in [0.4, 0.5) is 0 Å². The number of carbonyl (C=O) groups excluding carboxylic acids is 4. The lowest BCUT2D eigenvalue weighted by Crippen LogP contribution is -2.30. The highest BCUT2D eigenvalue weighted by molar-refractivity contribution is 7.47. The molecule has 4 unspecified atom stereocenters. The first-order chi connectivity index (χ1) is 44.8. The Kier molecular flexibility index (Phi) is 62.5. The fourth-order valence-electron chi connectivity index (χ4n) is 10.7. The van der Waals surface area contributed by atoms with Crippen LogP contribution in [0.5, 0.6) is 0 Å². The number of esters is 4. The predicted molar refractivity (Wildman–Crippen MR) is 377 cm³/mol. The van der Waals surface area contributed by atoms with Crippen molar-refractivity contribution in [2.24, 2.45) is 17.8 Å². The molecule has 0 heterocycles. The Hall–Kier alpha value is -2.46. The molecular weight excluding hydrogens is 1220 g/mol. The second-order valence-corrected chi connectivity index (χ2v) is 30.1. The van der Waals surface area contributed by atoms with Gasteiger partial charge in [0, 0.05) is 25.7 Å². The first-order valence-electron chi connectivity index (χ1n) is 37.7. The van der Waals surface area contributed by atoms with E-state index in [0.717, 1.165) is 120 Å². The number of ether oxygens (including phenoxy) is 4. The summed E-state index contributed by atoms with van der Waals surface area (Å²) in [5.41, 5.74) is 0. The van der Waals surface area contributed by atoms with Gasteiger partial charge in [-0.25, -0.2) is 9.13 Å². The molecule has 0 bridgehead atoms. The van der Waals surface area contributed by atoms with E-state index in [1.54, 1.807) is 0 Å². The number of unbranched alkanes of at least 4 members (excludes halogenated alkanes) is 34. The van der Waals surface area contributed by atoms with Crippen LogP contribution >= 0.6 is 15.6 Å². The standard InChI is InChI=1S/C74H140O17P2/c1-8-10-11-12-13-14-15-16-17-18-23-26-36-43-50-57-73(78)90-69(61-84-71(76)55-48-41-34-25-22-20-19-21-24-31-38-45-52-65(3)4)63-88-92(80,81)86-59-68(75)60-87-93(82,83)89-64-70(62-85-72(77)56-49-42-35-29-27-32-39-46-53-66(5)6)91-74(79)58-51-44-37-30-28-33-40-47-54-67(7)9-2/h14-17,65-70,75H,8-13,18-64H2,1-7H3,(H,80,81)(H,82,83)/b15-14-,17-16-/t67?,68?,69-,70-/m1/s1. The van der Waals surface area contributed by atoms with Crippen LogP contribution < -0.4 is 0 Å². The molecule has 93 heavy (non-hydrogen) atoms. The Morgan fingerprint density at radius 2 is 0.634 bits per heavy atom. The number of carbonyl (C=O) groups is 4. The third-order valence-electron chi connectivity index (χ3n) is 16.9. The van der Waals surface area contributed by atoms with Gasteiger partial charge in [-0.05, 0) is 69.1 Å². The molecule has 17 nitrogen and oxygen atoms in total. The minimum atomic E-state index is -4.96. The molecule has 0 amide bonds. The predicted octanol–water partition coefficient (Wildman–Crippen LogP) is 21.0. The van der Waals surface area contributed by atoms with Gasteiger partial charge in [-0.3, -0.25) is 37.3 Å². The summed E-state index contributed by atoms with van der Waals surface area (Å²) in [6.45, 7) is 11.8. The van der Waals surface area contributed by atoms with Crippen molar-refractivity contribution in [3.05, 3.63) is 24.3 Å². The van der Waals surface area contributed by atoms with Gasteiger partial charge in [0.2, 0.25) is 0 Å². The maximum atomic E-state index is 13.1. The van der Waals surface area contributed by atoms with E-state index in [0.29, 0.717) is 25.7 Å². The lowest BCUT2D eigenvalue weighted by molar-refractivity contribution is -0.161. The van der Waals surface area contributed by atoms with Gasteiger partial charge in [0.1, 0.15) is 19.3 Å². The molecule has 0 radical (unpaired) electrons. The number of aliphatic hydroxyl groups is 1. The lowest BCUT2D eigenvalue weighted by atomic mass is 9.99. The number of aliphatic hydroxyl groups excluding tert-OH is 1. The third-order valence-corrected chi connectivity index (χ3v) is 18.8. The van der Waals surface area contributed by atoms with Crippen LogP contribution in [0, 0.1) is 17.8 Å². The molecule has 0 aromatic rings. The summed E-state index contributed by atoms with van der Waals surface area (Å²) in [5, 5.41) is 10.6. The summed E-state index contributed by atoms with van der Waals surface area (Å²) >= 11 is 0. The van der Waals surface area contributed by atoms with Crippen LogP contribution in [0.25, 0.3) is 0 Å². The molecule has 0 fully saturated rings. The third kappa shape index (κ3) is 66.6. The second-order valence-electron chi connectivity index (χ2n) is 27.2. The molecule has 0 saturated heterocycles. The quantitative estimate of drug-likeness (QED) is 0.0169. The van der Waals surface area contributed by atoms with Crippen LogP contribution in [0.1, 0.15) is 350 Å². The minimum Gasteiger partial charge on any atom is -0.462 e. The Morgan fingerprint density at radius 1 is 0.355 bits per heavy atom. The Labute approximate surface area is 567 Å². The highest BCUT2D eigenvalue weighted by Gasteiger charge is 2.30. The summed E-state index contributed by atoms with van der Waals surface area (Å²) in [6.07, 6.45) is 52.1. The Balaban J connectivity index is 5.30. The number of hydrogen-bond acceptors (Lipinski definition) is 15. The van der Waals surface area contributed by atoms with Crippen molar-refractivity contribution in [1.29, 1.82) is 0 Å². The van der Waals surface area contributed by atoms with Crippen molar-refractivity contribution in [3.8, 4) is 0 Å². The van der Waals surface area contributed by atoms with Crippen molar-refractivity contribution in [3.63, 3.8) is 0 Å². The smallest absolute Gasteiger partial charge is 0.462 e. The molecule has 3 N–H and O–H groups in total. The number of allylic oxidation sites excluding steroid dienone is 4. The number of rotatable bonds is 70. The second kappa shape index (κ2) is 64.2. The van der Waals surface area contributed by atoms with Crippen LogP contribution in [-0.4, -0.2) is 96.7 Å². The van der Waals surface area contributed by atoms with E-state index in [-0.39, 0.29) is 25.7 Å². The average Bonchev–Trinajstić information content (AvgIpc) is 2.36. The maximum absolute atomic E-state index is 13.1. The molecule has 6 atom stereocenters. The maximum Gasteiger partial charge on any atom is 0.472 e. The van der Waals surface area contributed by atoms with E-state index < -0.39 is 97.5 Å². The molecule has 0 spiro atoms. The monoisotopic (exact) mass is 1360 g/mol. The van der Waals surface area contributed by atoms with Gasteiger partial charge in [-0.1, -0.05) is 297 Å². The van der Waals surface area contributed by atoms with E-state index >= 15 is 0 Å². The van der Waals surface area contributed by atoms with Gasteiger partial charge in [0.05, 0.1) is 26.4 Å². The van der Waals surface area contributed by atoms with E-state index in [1.807, 2.05) is 0 Å². The molecule has 0 rings (SSSR count). The highest BCUT2D eigenvalue weighted by atomic mass is 31.2. The molecule has 0 saturated carbocycles. The van der Waals surface area contributed by atoms with Gasteiger partial charge in [-0.15, -0.1) is 0 Å². The van der Waals surface area contributed by atoms with Crippen molar-refractivity contribution < 1.29 is 80.2 Å². The minimum absolute atomic E-state index is 0.0846. The molecule has 0 aliphatic carbocycles. The summed E-state index contributed by atoms with van der Waals surface area (Å²) in [5.74, 6) is 0.119. The van der Waals surface area contributed by atoms with Crippen molar-refractivity contribution in [2.45, 2.75) is 369 Å². The van der Waals surface area contributed by atoms with Crippen molar-refractivity contribution >= 4 is 39.5 Å². The zero-order valence-electron chi connectivity index (χ0n) is 60.2. The topological polar surface area (TPSA) is 237 Å². The lowest BCUT2D eigenvalue weighted by Gasteiger charge is -2.21. The van der Waals surface area contributed by atoms with Crippen LogP contribution in [0.3, 0.4) is 0 Å². The normalized spacial score (nSPS) is 14.6. The summed E-state index contributed by atoms with van der Waals surface area (Å²) < 4.78 is 68.4. The van der Waals surface area contributed by atoms with Crippen molar-refractivity contribution in [1.82, 2.24) is 0 Å². The molecule has 0 aromatic heterocycles. The molecule has 548 valence electrons. The molecule has 0 aliphatic heterocycles. The molecule has 0 aromatic carbocycles. The average molecular weight is 1360 g/mol. The first kappa shape index (κ1) is 90.5. The Morgan fingerprint density at radius 3 is 0.957 bits per heavy atom. The molecular formula is C74H140O17P2. The van der Waals surface area contributed by atoms with E-state index in [1.165, 1.54) is 148 Å². The fourth-order valence-corrected chi connectivity index (χ4v) is 12.3. The number of phosphoric acid groups is 2. The van der Waals surface area contributed by atoms with Crippen LogP contribution in [0.15, 0.2) is 24.3 Å². The van der Waals surface area contributed by atoms with Crippen LogP contribution in [0.2, 0.25) is 0 Å². The zero-order chi connectivity index (χ0) is 68.7. The fraction of sp³-hybridized carbons (Fsp3) is 0.892. The summed E-state index contributed by atoms with van der Waals surface area (Å²) in [7, 11) is -9.92. The zero-order valence-corrected chi connectivity index (χ0v) is 62.0. The number of phosphoric ester groups is 2. The van der Waals surface area contributed by atoms with E-state index in [4.69, 9.17) is 37.0 Å². The SMILES string of the molecule is CCCCCC/C=C\C=C/CCCCCCCC(=O)O[C@H](COC(=O)CCCCCCCCCCCCCCC(C)C)COP(=O)(O)OCC(O)COP(=O)(O)OC[C@@H](COC(=O)CCCCCCCCCCC(C)C)OC(=O)CCCCCCCCCCC(C)CC. The Bertz CT molecular complexity index is 1910. The van der Waals surface area contributed by atoms with E-state index in [2.05, 4.69) is 72.8 Å². The number of hydrogen-bond donors (Lipinski definition) is 3. The summed E-state index contributed by atoms with van der Waals surface area (Å²) in [4.78, 5) is 72.7. The van der Waals surface area contributed by atoms with Crippen molar-refractivity contribution in [2.75, 3.05) is 39.6 Å². The highest BCUT2D eigenvalue weighted by Crippen LogP contribution is 2.45. The van der Waals surface area contributed by atoms with Gasteiger partial charge in [-0.2, -0.15) is 0 Å². The first-order valence-corrected chi connectivity index (χ1v) is 40.7. The van der Waals surface area contributed by atoms with Crippen LogP contribution in [-0.2, 0) is 65.4 Å². The molecule has 19 heteroatoms. The van der Waals surface area contributed by atoms with E-state index in [9.17, 15) is 43.2 Å². The van der Waals surface area contributed by atoms with Gasteiger partial charge in [0.15, 0.2) is 12.2 Å². The van der Waals surface area contributed by atoms with Gasteiger partial charge >= 0.3 is 39.5 Å². The summed E-state index contributed by atoms with van der Waals surface area (Å²) in [6, 6.07) is 0. The molecule has 0 aliphatic rings. The van der Waals surface area contributed by atoms with Gasteiger partial charge in [0.25, 0.3) is 0 Å². The largest absolute Gasteiger partial charge is 0.472 e. The van der Waals surface area contributed by atoms with Gasteiger partial charge < -0.3 is 33.8 Å².